The van der Waals surface area contributed by atoms with Gasteiger partial charge in [-0.25, -0.2) is 0 Å². The maximum Gasteiger partial charge on any atom is 0.0152 e. The van der Waals surface area contributed by atoms with Crippen molar-refractivity contribution in [2.45, 2.75) is 32.0 Å². The van der Waals surface area contributed by atoms with Crippen molar-refractivity contribution >= 4 is 15.9 Å². The highest BCUT2D eigenvalue weighted by Gasteiger charge is 2.04. The first-order valence-electron chi connectivity index (χ1n) is 3.22. The van der Waals surface area contributed by atoms with Gasteiger partial charge in [-0.05, 0) is 12.8 Å². The number of hydrogen-bond donors (Lipinski definition) is 0. The Balaban J connectivity index is 3.46. The van der Waals surface area contributed by atoms with Crippen molar-refractivity contribution in [2.75, 3.05) is 0 Å². The largest absolute Gasteiger partial charge is 0.107 e. The number of alkyl halides is 1. The zero-order valence-electron chi connectivity index (χ0n) is 6.24. The minimum Gasteiger partial charge on any atom is -0.107 e. The fourth-order valence-corrected chi connectivity index (χ4v) is 0.612. The molecule has 0 radical (unpaired) electrons. The minimum absolute atomic E-state index is 0.582. The first-order chi connectivity index (χ1) is 4.18. The van der Waals surface area contributed by atoms with Crippen molar-refractivity contribution in [2.24, 2.45) is 5.92 Å². The highest BCUT2D eigenvalue weighted by Crippen LogP contribution is 2.14. The van der Waals surface area contributed by atoms with Gasteiger partial charge in [0, 0.05) is 11.2 Å². The van der Waals surface area contributed by atoms with E-state index in [4.69, 9.17) is 0 Å². The molecular formula is C8H13Br. The van der Waals surface area contributed by atoms with Crippen LogP contribution in [0.4, 0.5) is 0 Å². The molecule has 52 valence electrons. The molecule has 0 aromatic rings. The molecule has 0 aromatic carbocycles. The highest BCUT2D eigenvalue weighted by atomic mass is 79.9. The molecule has 0 rings (SSSR count). The van der Waals surface area contributed by atoms with Crippen molar-refractivity contribution in [1.29, 1.82) is 0 Å². The molecule has 0 spiro atoms. The SMILES string of the molecule is CC#CCC(C)C(C)Br. The van der Waals surface area contributed by atoms with E-state index in [0.717, 1.165) is 6.42 Å². The number of halogens is 1. The third kappa shape index (κ3) is 4.54. The monoisotopic (exact) mass is 188 g/mol. The zero-order chi connectivity index (χ0) is 7.28. The molecule has 9 heavy (non-hydrogen) atoms. The van der Waals surface area contributed by atoms with Crippen LogP contribution in [0.15, 0.2) is 0 Å². The van der Waals surface area contributed by atoms with Crippen LogP contribution in [0.2, 0.25) is 0 Å². The van der Waals surface area contributed by atoms with Crippen LogP contribution in [-0.2, 0) is 0 Å². The second-order valence-electron chi connectivity index (χ2n) is 2.29. The fourth-order valence-electron chi connectivity index (χ4n) is 0.425. The van der Waals surface area contributed by atoms with Crippen LogP contribution >= 0.6 is 15.9 Å². The molecule has 0 heterocycles. The lowest BCUT2D eigenvalue weighted by Gasteiger charge is -2.08. The van der Waals surface area contributed by atoms with E-state index >= 15 is 0 Å². The summed E-state index contributed by atoms with van der Waals surface area (Å²) < 4.78 is 0. The Morgan fingerprint density at radius 2 is 2.00 bits per heavy atom. The molecule has 0 saturated carbocycles. The first kappa shape index (κ1) is 9.04. The van der Waals surface area contributed by atoms with Gasteiger partial charge in [-0.1, -0.05) is 29.8 Å². The quantitative estimate of drug-likeness (QED) is 0.462. The van der Waals surface area contributed by atoms with E-state index < -0.39 is 0 Å². The molecule has 0 nitrogen and oxygen atoms in total. The summed E-state index contributed by atoms with van der Waals surface area (Å²) in [6.07, 6.45) is 1.00. The molecule has 2 atom stereocenters. The summed E-state index contributed by atoms with van der Waals surface area (Å²) in [7, 11) is 0. The highest BCUT2D eigenvalue weighted by molar-refractivity contribution is 9.09. The maximum absolute atomic E-state index is 3.50. The number of rotatable bonds is 2. The summed E-state index contributed by atoms with van der Waals surface area (Å²) in [6.45, 7) is 6.23. The van der Waals surface area contributed by atoms with Gasteiger partial charge in [0.25, 0.3) is 0 Å². The third-order valence-electron chi connectivity index (χ3n) is 1.38. The summed E-state index contributed by atoms with van der Waals surface area (Å²) in [6, 6.07) is 0. The van der Waals surface area contributed by atoms with E-state index in [-0.39, 0.29) is 0 Å². The molecular weight excluding hydrogens is 176 g/mol. The average molecular weight is 189 g/mol. The van der Waals surface area contributed by atoms with Gasteiger partial charge in [-0.15, -0.1) is 11.8 Å². The normalized spacial score (nSPS) is 15.6. The Labute approximate surface area is 66.2 Å². The Morgan fingerprint density at radius 1 is 1.44 bits per heavy atom. The minimum atomic E-state index is 0.582. The molecule has 2 unspecified atom stereocenters. The van der Waals surface area contributed by atoms with Crippen molar-refractivity contribution in [3.05, 3.63) is 0 Å². The molecule has 0 N–H and O–H groups in total. The Morgan fingerprint density at radius 3 is 2.33 bits per heavy atom. The van der Waals surface area contributed by atoms with Crippen molar-refractivity contribution in [1.82, 2.24) is 0 Å². The van der Waals surface area contributed by atoms with Gasteiger partial charge in [-0.2, -0.15) is 0 Å². The predicted octanol–water partition coefficient (Wildman–Crippen LogP) is 2.82. The Hall–Kier alpha value is 0.0400. The molecule has 0 saturated heterocycles. The van der Waals surface area contributed by atoms with Gasteiger partial charge in [0.15, 0.2) is 0 Å². The summed E-state index contributed by atoms with van der Waals surface area (Å²) >= 11 is 3.50. The van der Waals surface area contributed by atoms with Crippen LogP contribution in [0.3, 0.4) is 0 Å². The first-order valence-corrected chi connectivity index (χ1v) is 4.13. The van der Waals surface area contributed by atoms with Crippen molar-refractivity contribution in [3.8, 4) is 11.8 Å². The van der Waals surface area contributed by atoms with Gasteiger partial charge in [-0.3, -0.25) is 0 Å². The lowest BCUT2D eigenvalue weighted by Crippen LogP contribution is -2.04. The van der Waals surface area contributed by atoms with Crippen LogP contribution in [0, 0.1) is 17.8 Å². The third-order valence-corrected chi connectivity index (χ3v) is 2.29. The van der Waals surface area contributed by atoms with Gasteiger partial charge < -0.3 is 0 Å². The fraction of sp³-hybridized carbons (Fsp3) is 0.750. The van der Waals surface area contributed by atoms with Crippen molar-refractivity contribution in [3.63, 3.8) is 0 Å². The summed E-state index contributed by atoms with van der Waals surface area (Å²) in [4.78, 5) is 0.582. The lowest BCUT2D eigenvalue weighted by atomic mass is 10.1. The second-order valence-corrected chi connectivity index (χ2v) is 3.73. The number of hydrogen-bond acceptors (Lipinski definition) is 0. The summed E-state index contributed by atoms with van der Waals surface area (Å²) in [5, 5.41) is 0. The standard InChI is InChI=1S/C8H13Br/c1-4-5-6-7(2)8(3)9/h7-8H,6H2,1-3H3. The zero-order valence-corrected chi connectivity index (χ0v) is 7.83. The van der Waals surface area contributed by atoms with Crippen LogP contribution in [0.5, 0.6) is 0 Å². The molecule has 1 heteroatoms. The Kier molecular flexibility index (Phi) is 4.90. The van der Waals surface area contributed by atoms with E-state index in [1.807, 2.05) is 6.92 Å². The molecule has 0 aliphatic rings. The molecule has 0 aliphatic carbocycles. The average Bonchev–Trinajstić information content (AvgIpc) is 1.82. The van der Waals surface area contributed by atoms with Crippen LogP contribution in [0.1, 0.15) is 27.2 Å². The second kappa shape index (κ2) is 4.88. The van der Waals surface area contributed by atoms with E-state index in [0.29, 0.717) is 10.7 Å². The molecule has 0 aromatic heterocycles. The van der Waals surface area contributed by atoms with Gasteiger partial charge in [0.1, 0.15) is 0 Å². The summed E-state index contributed by atoms with van der Waals surface area (Å²) in [5.41, 5.74) is 0. The predicted molar refractivity (Wildman–Crippen MR) is 45.6 cm³/mol. The molecule has 0 bridgehead atoms. The van der Waals surface area contributed by atoms with Crippen LogP contribution in [0.25, 0.3) is 0 Å². The molecule has 0 fully saturated rings. The van der Waals surface area contributed by atoms with E-state index in [2.05, 4.69) is 41.6 Å². The summed E-state index contributed by atoms with van der Waals surface area (Å²) in [5.74, 6) is 6.60. The lowest BCUT2D eigenvalue weighted by molar-refractivity contribution is 0.603. The van der Waals surface area contributed by atoms with Gasteiger partial charge in [0.05, 0.1) is 0 Å². The van der Waals surface area contributed by atoms with Crippen LogP contribution < -0.4 is 0 Å². The van der Waals surface area contributed by atoms with E-state index in [1.54, 1.807) is 0 Å². The maximum atomic E-state index is 3.50. The van der Waals surface area contributed by atoms with Crippen molar-refractivity contribution < 1.29 is 0 Å². The molecule has 0 amide bonds. The smallest absolute Gasteiger partial charge is 0.0152 e. The van der Waals surface area contributed by atoms with E-state index in [9.17, 15) is 0 Å². The van der Waals surface area contributed by atoms with Gasteiger partial charge >= 0.3 is 0 Å². The van der Waals surface area contributed by atoms with Gasteiger partial charge in [0.2, 0.25) is 0 Å². The Bertz CT molecular complexity index is 116. The topological polar surface area (TPSA) is 0 Å². The van der Waals surface area contributed by atoms with Crippen LogP contribution in [-0.4, -0.2) is 4.83 Å². The van der Waals surface area contributed by atoms with E-state index in [1.165, 1.54) is 0 Å². The molecule has 0 aliphatic heterocycles.